The summed E-state index contributed by atoms with van der Waals surface area (Å²) in [6.45, 7) is 7.12. The van der Waals surface area contributed by atoms with Crippen molar-refractivity contribution >= 4 is 5.91 Å². The molecule has 3 nitrogen and oxygen atoms in total. The van der Waals surface area contributed by atoms with Gasteiger partial charge in [-0.15, -0.1) is 0 Å². The summed E-state index contributed by atoms with van der Waals surface area (Å²) in [6.07, 6.45) is 4.40. The molecule has 90 valence electrons. The normalized spacial score (nSPS) is 19.1. The van der Waals surface area contributed by atoms with Crippen LogP contribution in [0.15, 0.2) is 0 Å². The number of hydrogen-bond acceptors (Lipinski definition) is 2. The van der Waals surface area contributed by atoms with E-state index in [1.165, 1.54) is 0 Å². The van der Waals surface area contributed by atoms with E-state index in [-0.39, 0.29) is 11.3 Å². The van der Waals surface area contributed by atoms with Crippen LogP contribution in [-0.2, 0) is 4.79 Å². The lowest BCUT2D eigenvalue weighted by Gasteiger charge is -2.22. The Kier molecular flexibility index (Phi) is 3.96. The summed E-state index contributed by atoms with van der Waals surface area (Å²) in [5, 5.41) is 12.0. The van der Waals surface area contributed by atoms with Gasteiger partial charge in [0.1, 0.15) is 5.41 Å². The fourth-order valence-corrected chi connectivity index (χ4v) is 2.09. The number of nitrogens with zero attached hydrogens (tertiary/aromatic N) is 1. The first-order valence-electron chi connectivity index (χ1n) is 6.09. The van der Waals surface area contributed by atoms with E-state index in [9.17, 15) is 4.79 Å². The van der Waals surface area contributed by atoms with Crippen molar-refractivity contribution in [2.24, 2.45) is 10.8 Å². The predicted molar refractivity (Wildman–Crippen MR) is 63.6 cm³/mol. The van der Waals surface area contributed by atoms with E-state index in [1.54, 1.807) is 0 Å². The third-order valence-corrected chi connectivity index (χ3v) is 3.27. The fourth-order valence-electron chi connectivity index (χ4n) is 2.09. The number of nitriles is 1. The van der Waals surface area contributed by atoms with Gasteiger partial charge in [-0.2, -0.15) is 5.26 Å². The summed E-state index contributed by atoms with van der Waals surface area (Å²) in [6, 6.07) is 2.21. The van der Waals surface area contributed by atoms with E-state index in [1.807, 2.05) is 0 Å². The topological polar surface area (TPSA) is 52.9 Å². The molecule has 0 atom stereocenters. The Morgan fingerprint density at radius 3 is 2.38 bits per heavy atom. The van der Waals surface area contributed by atoms with Crippen LogP contribution in [0.5, 0.6) is 0 Å². The molecule has 0 heterocycles. The number of carbonyl (C=O) groups is 1. The molecule has 1 fully saturated rings. The Hall–Kier alpha value is -1.04. The Morgan fingerprint density at radius 1 is 1.38 bits per heavy atom. The van der Waals surface area contributed by atoms with Crippen LogP contribution < -0.4 is 5.32 Å². The first-order chi connectivity index (χ1) is 7.40. The zero-order valence-corrected chi connectivity index (χ0v) is 10.6. The van der Waals surface area contributed by atoms with E-state index < -0.39 is 5.41 Å². The molecule has 0 aromatic carbocycles. The second kappa shape index (κ2) is 4.86. The minimum Gasteiger partial charge on any atom is -0.355 e. The summed E-state index contributed by atoms with van der Waals surface area (Å²) in [4.78, 5) is 12.0. The fraction of sp³-hybridized carbons (Fsp3) is 0.846. The molecule has 1 amide bonds. The van der Waals surface area contributed by atoms with Gasteiger partial charge in [0.05, 0.1) is 6.07 Å². The monoisotopic (exact) mass is 222 g/mol. The third-order valence-electron chi connectivity index (χ3n) is 3.27. The summed E-state index contributed by atoms with van der Waals surface area (Å²) < 4.78 is 0. The van der Waals surface area contributed by atoms with Crippen molar-refractivity contribution in [1.29, 1.82) is 5.26 Å². The third kappa shape index (κ3) is 3.23. The smallest absolute Gasteiger partial charge is 0.240 e. The van der Waals surface area contributed by atoms with Gasteiger partial charge in [0.25, 0.3) is 0 Å². The van der Waals surface area contributed by atoms with Gasteiger partial charge in [-0.3, -0.25) is 4.79 Å². The number of rotatable bonds is 3. The number of amides is 1. The lowest BCUT2D eigenvalue weighted by molar-refractivity contribution is -0.128. The van der Waals surface area contributed by atoms with E-state index >= 15 is 0 Å². The first kappa shape index (κ1) is 13.0. The molecule has 1 saturated carbocycles. The summed E-state index contributed by atoms with van der Waals surface area (Å²) in [7, 11) is 0. The molecule has 3 heteroatoms. The highest BCUT2D eigenvalue weighted by Crippen LogP contribution is 2.37. The molecule has 1 aliphatic rings. The van der Waals surface area contributed by atoms with E-state index in [0.717, 1.165) is 32.1 Å². The molecule has 1 aliphatic carbocycles. The standard InChI is InChI=1S/C13H22N2O/c1-12(2,3)8-9-15-11(16)13(10-14)6-4-5-7-13/h4-9H2,1-3H3,(H,15,16). The van der Waals surface area contributed by atoms with Gasteiger partial charge in [0.15, 0.2) is 0 Å². The van der Waals surface area contributed by atoms with Crippen LogP contribution in [0.4, 0.5) is 0 Å². The van der Waals surface area contributed by atoms with Crippen molar-refractivity contribution in [3.8, 4) is 6.07 Å². The van der Waals surface area contributed by atoms with Crippen LogP contribution in [0.1, 0.15) is 52.9 Å². The van der Waals surface area contributed by atoms with Gasteiger partial charge in [0.2, 0.25) is 5.91 Å². The van der Waals surface area contributed by atoms with Crippen LogP contribution in [0, 0.1) is 22.2 Å². The Labute approximate surface area is 98.2 Å². The lowest BCUT2D eigenvalue weighted by Crippen LogP contribution is -2.39. The van der Waals surface area contributed by atoms with Crippen LogP contribution in [0.2, 0.25) is 0 Å². The van der Waals surface area contributed by atoms with Gasteiger partial charge >= 0.3 is 0 Å². The molecule has 1 rings (SSSR count). The van der Waals surface area contributed by atoms with Crippen molar-refractivity contribution in [2.75, 3.05) is 6.54 Å². The summed E-state index contributed by atoms with van der Waals surface area (Å²) in [5.41, 5.74) is -0.499. The van der Waals surface area contributed by atoms with Gasteiger partial charge in [-0.25, -0.2) is 0 Å². The summed E-state index contributed by atoms with van der Waals surface area (Å²) >= 11 is 0. The maximum Gasteiger partial charge on any atom is 0.240 e. The minimum absolute atomic E-state index is 0.0586. The number of hydrogen-bond donors (Lipinski definition) is 1. The van der Waals surface area contributed by atoms with Crippen molar-refractivity contribution < 1.29 is 4.79 Å². The maximum atomic E-state index is 12.0. The molecule has 0 radical (unpaired) electrons. The van der Waals surface area contributed by atoms with Crippen LogP contribution in [0.3, 0.4) is 0 Å². The molecule has 0 aliphatic heterocycles. The predicted octanol–water partition coefficient (Wildman–Crippen LogP) is 2.62. The lowest BCUT2D eigenvalue weighted by atomic mass is 9.86. The molecule has 0 saturated heterocycles. The SMILES string of the molecule is CC(C)(C)CCNC(=O)C1(C#N)CCCC1. The van der Waals surface area contributed by atoms with Gasteiger partial charge in [-0.1, -0.05) is 33.6 Å². The second-order valence-electron chi connectivity index (χ2n) is 5.97. The highest BCUT2D eigenvalue weighted by Gasteiger charge is 2.41. The van der Waals surface area contributed by atoms with Crippen molar-refractivity contribution in [3.05, 3.63) is 0 Å². The molecule has 0 aromatic rings. The largest absolute Gasteiger partial charge is 0.355 e. The zero-order valence-electron chi connectivity index (χ0n) is 10.6. The molecule has 0 unspecified atom stereocenters. The number of carbonyl (C=O) groups excluding carboxylic acids is 1. The van der Waals surface area contributed by atoms with Gasteiger partial charge < -0.3 is 5.32 Å². The van der Waals surface area contributed by atoms with E-state index in [4.69, 9.17) is 5.26 Å². The average Bonchev–Trinajstić information content (AvgIpc) is 2.65. The highest BCUT2D eigenvalue weighted by atomic mass is 16.2. The van der Waals surface area contributed by atoms with Gasteiger partial charge in [0, 0.05) is 6.54 Å². The van der Waals surface area contributed by atoms with Crippen molar-refractivity contribution in [2.45, 2.75) is 52.9 Å². The molecule has 0 aromatic heterocycles. The van der Waals surface area contributed by atoms with Gasteiger partial charge in [-0.05, 0) is 24.7 Å². The molecule has 16 heavy (non-hydrogen) atoms. The first-order valence-corrected chi connectivity index (χ1v) is 6.09. The van der Waals surface area contributed by atoms with Crippen LogP contribution >= 0.6 is 0 Å². The Bertz CT molecular complexity index is 290. The molecule has 0 spiro atoms. The van der Waals surface area contributed by atoms with Crippen LogP contribution in [-0.4, -0.2) is 12.5 Å². The van der Waals surface area contributed by atoms with E-state index in [2.05, 4.69) is 32.2 Å². The quantitative estimate of drug-likeness (QED) is 0.798. The second-order valence-corrected chi connectivity index (χ2v) is 5.97. The van der Waals surface area contributed by atoms with Crippen LogP contribution in [0.25, 0.3) is 0 Å². The van der Waals surface area contributed by atoms with E-state index in [0.29, 0.717) is 6.54 Å². The van der Waals surface area contributed by atoms with Crippen molar-refractivity contribution in [1.82, 2.24) is 5.32 Å². The highest BCUT2D eigenvalue weighted by molar-refractivity contribution is 5.85. The maximum absolute atomic E-state index is 12.0. The Morgan fingerprint density at radius 2 is 1.94 bits per heavy atom. The van der Waals surface area contributed by atoms with Crippen molar-refractivity contribution in [3.63, 3.8) is 0 Å². The molecular weight excluding hydrogens is 200 g/mol. The molecule has 0 bridgehead atoms. The zero-order chi connectivity index (χ0) is 12.2. The Balaban J connectivity index is 2.43. The average molecular weight is 222 g/mol. The molecular formula is C13H22N2O. The molecule has 1 N–H and O–H groups in total. The minimum atomic E-state index is -0.724. The summed E-state index contributed by atoms with van der Waals surface area (Å²) in [5.74, 6) is -0.0586. The number of nitrogens with one attached hydrogen (secondary N) is 1.